The Morgan fingerprint density at radius 2 is 1.56 bits per heavy atom. The second kappa shape index (κ2) is 10.3. The van der Waals surface area contributed by atoms with Gasteiger partial charge in [-0.05, 0) is 73.4 Å². The fourth-order valence-corrected chi connectivity index (χ4v) is 7.67. The van der Waals surface area contributed by atoms with Gasteiger partial charge in [0.2, 0.25) is 5.91 Å². The molecule has 194 valence electrons. The molecular weight excluding hydrogens is 481 g/mol. The zero-order valence-corrected chi connectivity index (χ0v) is 21.9. The summed E-state index contributed by atoms with van der Waals surface area (Å²) in [5, 5.41) is 0. The van der Waals surface area contributed by atoms with E-state index < -0.39 is 20.4 Å². The molecule has 0 bridgehead atoms. The maximum absolute atomic E-state index is 14.1. The summed E-state index contributed by atoms with van der Waals surface area (Å²) < 4.78 is 45.3. The van der Waals surface area contributed by atoms with Gasteiger partial charge in [0.05, 0.1) is 17.9 Å². The number of likely N-dealkylation sites (tertiary alicyclic amines) is 1. The number of carbonyl (C=O) groups is 2. The van der Waals surface area contributed by atoms with Gasteiger partial charge in [0, 0.05) is 19.0 Å². The lowest BCUT2D eigenvalue weighted by atomic mass is 9.81. The van der Waals surface area contributed by atoms with Crippen molar-refractivity contribution in [3.8, 4) is 0 Å². The van der Waals surface area contributed by atoms with Crippen LogP contribution in [0.15, 0.2) is 53.4 Å². The van der Waals surface area contributed by atoms with Gasteiger partial charge in [-0.3, -0.25) is 9.59 Å². The van der Waals surface area contributed by atoms with Crippen molar-refractivity contribution in [3.05, 3.63) is 65.5 Å². The molecule has 36 heavy (non-hydrogen) atoms. The van der Waals surface area contributed by atoms with Crippen LogP contribution >= 0.6 is 0 Å². The van der Waals surface area contributed by atoms with Crippen LogP contribution in [-0.2, 0) is 28.9 Å². The Labute approximate surface area is 212 Å². The highest BCUT2D eigenvalue weighted by Crippen LogP contribution is 2.44. The summed E-state index contributed by atoms with van der Waals surface area (Å²) in [6, 6.07) is 12.5. The zero-order valence-electron chi connectivity index (χ0n) is 21.1. The van der Waals surface area contributed by atoms with E-state index in [1.165, 1.54) is 19.2 Å². The molecule has 0 unspecified atom stereocenters. The average molecular weight is 516 g/mol. The number of rotatable bonds is 6. The zero-order chi connectivity index (χ0) is 26.1. The van der Waals surface area contributed by atoms with Crippen molar-refractivity contribution in [3.63, 3.8) is 0 Å². The summed E-state index contributed by atoms with van der Waals surface area (Å²) in [6.07, 6.45) is 2.60. The van der Waals surface area contributed by atoms with Crippen molar-refractivity contribution in [1.82, 2.24) is 4.90 Å². The highest BCUT2D eigenvalue weighted by Gasteiger charge is 2.52. The number of hydrogen-bond acceptors (Lipinski definition) is 5. The van der Waals surface area contributed by atoms with Crippen molar-refractivity contribution in [2.24, 2.45) is 11.8 Å². The van der Waals surface area contributed by atoms with E-state index in [0.29, 0.717) is 43.7 Å². The van der Waals surface area contributed by atoms with Gasteiger partial charge in [0.1, 0.15) is 10.6 Å². The first-order valence-electron chi connectivity index (χ1n) is 12.6. The lowest BCUT2D eigenvalue weighted by molar-refractivity contribution is -0.148. The van der Waals surface area contributed by atoms with Crippen LogP contribution < -0.4 is 0 Å². The van der Waals surface area contributed by atoms with Crippen molar-refractivity contribution in [2.45, 2.75) is 61.5 Å². The van der Waals surface area contributed by atoms with Crippen LogP contribution in [0.2, 0.25) is 0 Å². The number of methoxy groups -OCH3 is 1. The SMILES string of the molecule is COC(=O)C1CCC(C(=O)N2CC[C@](c3ccc(C(C)C)cc3)(S(=O)(=O)c3ccc(F)cc3)C2)CC1. The summed E-state index contributed by atoms with van der Waals surface area (Å²) in [4.78, 5) is 27.1. The Kier molecular flexibility index (Phi) is 7.55. The largest absolute Gasteiger partial charge is 0.469 e. The number of carbonyl (C=O) groups excluding carboxylic acids is 2. The molecule has 1 amide bonds. The number of sulfone groups is 1. The molecule has 0 radical (unpaired) electrons. The molecule has 2 aromatic rings. The van der Waals surface area contributed by atoms with Gasteiger partial charge >= 0.3 is 5.97 Å². The molecule has 2 fully saturated rings. The fraction of sp³-hybridized carbons (Fsp3) is 0.500. The predicted octanol–water partition coefficient (Wildman–Crippen LogP) is 4.83. The van der Waals surface area contributed by atoms with Gasteiger partial charge in [-0.25, -0.2) is 12.8 Å². The summed E-state index contributed by atoms with van der Waals surface area (Å²) in [5.74, 6) is -0.932. The lowest BCUT2D eigenvalue weighted by Gasteiger charge is -2.32. The maximum Gasteiger partial charge on any atom is 0.308 e. The van der Waals surface area contributed by atoms with Gasteiger partial charge in [0.15, 0.2) is 9.84 Å². The number of halogens is 1. The molecule has 0 N–H and O–H groups in total. The first-order valence-corrected chi connectivity index (χ1v) is 14.0. The first kappa shape index (κ1) is 26.3. The van der Waals surface area contributed by atoms with E-state index in [4.69, 9.17) is 4.74 Å². The molecule has 4 rings (SSSR count). The van der Waals surface area contributed by atoms with Crippen molar-refractivity contribution in [2.75, 3.05) is 20.2 Å². The van der Waals surface area contributed by atoms with Gasteiger partial charge in [-0.1, -0.05) is 38.1 Å². The maximum atomic E-state index is 14.1. The minimum absolute atomic E-state index is 0.0451. The minimum Gasteiger partial charge on any atom is -0.469 e. The molecular formula is C28H34FNO5S. The highest BCUT2D eigenvalue weighted by molar-refractivity contribution is 7.92. The van der Waals surface area contributed by atoms with Crippen LogP contribution in [0.5, 0.6) is 0 Å². The summed E-state index contributed by atoms with van der Waals surface area (Å²) in [7, 11) is -2.57. The van der Waals surface area contributed by atoms with E-state index in [2.05, 4.69) is 13.8 Å². The molecule has 6 nitrogen and oxygen atoms in total. The van der Waals surface area contributed by atoms with Crippen LogP contribution in [0.1, 0.15) is 63.0 Å². The van der Waals surface area contributed by atoms with E-state index in [9.17, 15) is 22.4 Å². The van der Waals surface area contributed by atoms with Crippen LogP contribution in [0.4, 0.5) is 4.39 Å². The van der Waals surface area contributed by atoms with Crippen LogP contribution in [0.25, 0.3) is 0 Å². The topological polar surface area (TPSA) is 80.8 Å². The van der Waals surface area contributed by atoms with Crippen LogP contribution in [-0.4, -0.2) is 45.4 Å². The van der Waals surface area contributed by atoms with Crippen LogP contribution in [0.3, 0.4) is 0 Å². The summed E-state index contributed by atoms with van der Waals surface area (Å²) in [5.41, 5.74) is 1.74. The molecule has 1 aliphatic carbocycles. The third-order valence-corrected chi connectivity index (χ3v) is 10.4. The molecule has 1 aliphatic heterocycles. The minimum atomic E-state index is -3.95. The number of nitrogens with zero attached hydrogens (tertiary/aromatic N) is 1. The summed E-state index contributed by atoms with van der Waals surface area (Å²) >= 11 is 0. The second-order valence-corrected chi connectivity index (χ2v) is 12.6. The van der Waals surface area contributed by atoms with E-state index in [0.717, 1.165) is 17.7 Å². The third kappa shape index (κ3) is 4.80. The van der Waals surface area contributed by atoms with E-state index in [-0.39, 0.29) is 41.6 Å². The van der Waals surface area contributed by atoms with E-state index >= 15 is 0 Å². The quantitative estimate of drug-likeness (QED) is 0.407. The normalized spacial score (nSPS) is 24.6. The number of benzene rings is 2. The Morgan fingerprint density at radius 3 is 2.11 bits per heavy atom. The third-order valence-electron chi connectivity index (χ3n) is 7.90. The van der Waals surface area contributed by atoms with Gasteiger partial charge in [0.25, 0.3) is 0 Å². The summed E-state index contributed by atoms with van der Waals surface area (Å²) in [6.45, 7) is 4.52. The molecule has 0 spiro atoms. The molecule has 2 aliphatic rings. The van der Waals surface area contributed by atoms with E-state index in [1.54, 1.807) is 4.90 Å². The van der Waals surface area contributed by atoms with Gasteiger partial charge < -0.3 is 9.64 Å². The molecule has 1 saturated carbocycles. The smallest absolute Gasteiger partial charge is 0.308 e. The Morgan fingerprint density at radius 1 is 0.972 bits per heavy atom. The van der Waals surface area contributed by atoms with E-state index in [1.807, 2.05) is 24.3 Å². The Balaban J connectivity index is 1.64. The number of hydrogen-bond donors (Lipinski definition) is 0. The van der Waals surface area contributed by atoms with Crippen LogP contribution in [0, 0.1) is 17.7 Å². The van der Waals surface area contributed by atoms with Gasteiger partial charge in [-0.15, -0.1) is 0 Å². The highest BCUT2D eigenvalue weighted by atomic mass is 32.2. The molecule has 8 heteroatoms. The predicted molar refractivity (Wildman–Crippen MR) is 134 cm³/mol. The molecule has 2 aromatic carbocycles. The molecule has 1 heterocycles. The lowest BCUT2D eigenvalue weighted by Crippen LogP contribution is -2.42. The molecule has 1 atom stereocenters. The fourth-order valence-electron chi connectivity index (χ4n) is 5.59. The second-order valence-electron chi connectivity index (χ2n) is 10.3. The number of amides is 1. The standard InChI is InChI=1S/C28H34FNO5S/c1-19(2)20-8-10-23(11-9-20)28(36(33,34)25-14-12-24(29)13-15-25)16-17-30(18-28)26(31)21-4-6-22(7-5-21)27(32)35-3/h8-15,19,21-22H,4-7,16-18H2,1-3H3/t21?,22?,28-/m0/s1. The van der Waals surface area contributed by atoms with Crippen molar-refractivity contribution < 1.29 is 27.1 Å². The van der Waals surface area contributed by atoms with Gasteiger partial charge in [-0.2, -0.15) is 0 Å². The van der Waals surface area contributed by atoms with Crippen molar-refractivity contribution in [1.29, 1.82) is 0 Å². The Hall–Kier alpha value is -2.74. The molecule has 0 aromatic heterocycles. The molecule has 1 saturated heterocycles. The first-order chi connectivity index (χ1) is 17.1. The number of esters is 1. The number of ether oxygens (including phenoxy) is 1. The average Bonchev–Trinajstić information content (AvgIpc) is 3.35. The Bertz CT molecular complexity index is 1200. The van der Waals surface area contributed by atoms with Crippen molar-refractivity contribution >= 4 is 21.7 Å². The monoisotopic (exact) mass is 515 g/mol.